The Balaban J connectivity index is 1.51. The molecule has 1 aromatic heterocycles. The highest BCUT2D eigenvalue weighted by Gasteiger charge is 2.23. The quantitative estimate of drug-likeness (QED) is 0.240. The van der Waals surface area contributed by atoms with Crippen LogP contribution in [-0.4, -0.2) is 51.3 Å². The number of rotatable bonds is 9. The van der Waals surface area contributed by atoms with Gasteiger partial charge in [0.05, 0.1) is 21.8 Å². The number of hydrogen-bond donors (Lipinski definition) is 1. The molecule has 2 unspecified atom stereocenters. The first kappa shape index (κ1) is 25.7. The largest absolute Gasteiger partial charge is 0.355 e. The molecule has 2 atom stereocenters. The lowest BCUT2D eigenvalue weighted by Gasteiger charge is -2.33. The fraction of sp³-hybridized carbons (Fsp3) is 0.444. The topological polar surface area (TPSA) is 67.2 Å². The van der Waals surface area contributed by atoms with Gasteiger partial charge in [0, 0.05) is 24.2 Å². The third-order valence-corrected chi connectivity index (χ3v) is 8.14. The van der Waals surface area contributed by atoms with Crippen molar-refractivity contribution in [3.8, 4) is 5.69 Å². The zero-order valence-corrected chi connectivity index (χ0v) is 21.9. The zero-order valence-electron chi connectivity index (χ0n) is 20.4. The monoisotopic (exact) mass is 512 g/mol. The van der Waals surface area contributed by atoms with Crippen molar-refractivity contribution in [2.75, 3.05) is 19.6 Å². The molecule has 2 heterocycles. The Morgan fingerprint density at radius 2 is 2.06 bits per heavy atom. The van der Waals surface area contributed by atoms with E-state index in [0.717, 1.165) is 19.5 Å². The summed E-state index contributed by atoms with van der Waals surface area (Å²) in [7, 11) is 0. The fourth-order valence-electron chi connectivity index (χ4n) is 4.58. The summed E-state index contributed by atoms with van der Waals surface area (Å²) in [5.74, 6) is -0.0238. The van der Waals surface area contributed by atoms with E-state index >= 15 is 0 Å². The maximum atomic E-state index is 13.4. The molecule has 1 amide bonds. The van der Waals surface area contributed by atoms with Crippen LogP contribution in [0.2, 0.25) is 5.02 Å². The van der Waals surface area contributed by atoms with Gasteiger partial charge in [0.15, 0.2) is 5.16 Å². The van der Waals surface area contributed by atoms with Crippen molar-refractivity contribution < 1.29 is 4.79 Å². The zero-order chi connectivity index (χ0) is 24.8. The summed E-state index contributed by atoms with van der Waals surface area (Å²) in [6.07, 6.45) is 5.38. The first-order valence-electron chi connectivity index (χ1n) is 12.4. The first-order chi connectivity index (χ1) is 17.0. The van der Waals surface area contributed by atoms with Crippen molar-refractivity contribution in [3.63, 3.8) is 0 Å². The van der Waals surface area contributed by atoms with Crippen LogP contribution >= 0.6 is 23.4 Å². The number of amides is 1. The predicted molar refractivity (Wildman–Crippen MR) is 145 cm³/mol. The molecule has 6 nitrogen and oxygen atoms in total. The molecule has 0 aliphatic carbocycles. The third-order valence-electron chi connectivity index (χ3n) is 6.58. The van der Waals surface area contributed by atoms with Gasteiger partial charge >= 0.3 is 0 Å². The molecule has 8 heteroatoms. The highest BCUT2D eigenvalue weighted by Crippen LogP contribution is 2.28. The Labute approximate surface area is 216 Å². The number of likely N-dealkylation sites (tertiary alicyclic amines) is 1. The number of fused-ring (bicyclic) bond motifs is 1. The highest BCUT2D eigenvalue weighted by molar-refractivity contribution is 8.00. The van der Waals surface area contributed by atoms with Gasteiger partial charge in [-0.1, -0.05) is 54.9 Å². The van der Waals surface area contributed by atoms with Gasteiger partial charge in [0.1, 0.15) is 0 Å². The van der Waals surface area contributed by atoms with Crippen molar-refractivity contribution >= 4 is 40.2 Å². The molecule has 1 fully saturated rings. The Bertz CT molecular complexity index is 1230. The summed E-state index contributed by atoms with van der Waals surface area (Å²) in [5, 5.41) is 4.30. The number of piperidine rings is 1. The average Bonchev–Trinajstić information content (AvgIpc) is 2.86. The molecule has 0 spiro atoms. The van der Waals surface area contributed by atoms with Gasteiger partial charge in [0.25, 0.3) is 5.56 Å². The van der Waals surface area contributed by atoms with E-state index in [1.54, 1.807) is 28.8 Å². The summed E-state index contributed by atoms with van der Waals surface area (Å²) in [6, 6.07) is 15.1. The van der Waals surface area contributed by atoms with Crippen molar-refractivity contribution in [1.82, 2.24) is 19.8 Å². The molecule has 1 saturated heterocycles. The molecule has 1 aliphatic heterocycles. The minimum Gasteiger partial charge on any atom is -0.355 e. The summed E-state index contributed by atoms with van der Waals surface area (Å²) in [5.41, 5.74) is 1.07. The van der Waals surface area contributed by atoms with Gasteiger partial charge in [-0.3, -0.25) is 14.2 Å². The van der Waals surface area contributed by atoms with Crippen LogP contribution in [0.5, 0.6) is 0 Å². The number of carbonyl (C=O) groups is 1. The molecule has 1 aliphatic rings. The van der Waals surface area contributed by atoms with E-state index in [9.17, 15) is 9.59 Å². The molecule has 0 saturated carbocycles. The molecule has 35 heavy (non-hydrogen) atoms. The van der Waals surface area contributed by atoms with E-state index in [0.29, 0.717) is 45.8 Å². The van der Waals surface area contributed by atoms with Gasteiger partial charge in [0.2, 0.25) is 5.91 Å². The number of benzene rings is 2. The van der Waals surface area contributed by atoms with Crippen molar-refractivity contribution in [2.24, 2.45) is 0 Å². The van der Waals surface area contributed by atoms with Crippen molar-refractivity contribution in [1.29, 1.82) is 0 Å². The van der Waals surface area contributed by atoms with Crippen LogP contribution < -0.4 is 10.9 Å². The predicted octanol–water partition coefficient (Wildman–Crippen LogP) is 5.29. The van der Waals surface area contributed by atoms with Gasteiger partial charge in [-0.2, -0.15) is 0 Å². The van der Waals surface area contributed by atoms with E-state index in [4.69, 9.17) is 16.6 Å². The molecular formula is C27H33ClN4O2S. The number of para-hydroxylation sites is 1. The van der Waals surface area contributed by atoms with E-state index in [2.05, 4.69) is 17.1 Å². The van der Waals surface area contributed by atoms with E-state index in [1.807, 2.05) is 31.2 Å². The standard InChI is InChI=1S/C27H33ClN4O2S/c1-3-24(25(33)29-15-9-17-31-16-7-6-10-19(31)2)35-27-30-23-14-5-4-13-22(23)26(34)32(27)21-12-8-11-20(28)18-21/h4-5,8,11-14,18-19,24H,3,6-7,9-10,15-17H2,1-2H3,(H,29,33). The third kappa shape index (κ3) is 6.26. The maximum Gasteiger partial charge on any atom is 0.266 e. The Morgan fingerprint density at radius 1 is 1.23 bits per heavy atom. The van der Waals surface area contributed by atoms with Crippen LogP contribution in [0.4, 0.5) is 0 Å². The number of hydrogen-bond acceptors (Lipinski definition) is 5. The molecule has 186 valence electrons. The fourth-order valence-corrected chi connectivity index (χ4v) is 5.82. The van der Waals surface area contributed by atoms with Gasteiger partial charge in [-0.25, -0.2) is 4.98 Å². The molecule has 2 aromatic carbocycles. The minimum absolute atomic E-state index is 0.0238. The summed E-state index contributed by atoms with van der Waals surface area (Å²) >= 11 is 7.55. The number of aromatic nitrogens is 2. The molecule has 4 rings (SSSR count). The average molecular weight is 513 g/mol. The molecule has 3 aromatic rings. The van der Waals surface area contributed by atoms with E-state index in [1.165, 1.54) is 31.0 Å². The number of thioether (sulfide) groups is 1. The van der Waals surface area contributed by atoms with Crippen LogP contribution in [0.25, 0.3) is 16.6 Å². The van der Waals surface area contributed by atoms with Crippen molar-refractivity contribution in [2.45, 2.75) is 62.4 Å². The van der Waals surface area contributed by atoms with Gasteiger partial charge in [-0.15, -0.1) is 0 Å². The Kier molecular flexibility index (Phi) is 8.87. The lowest BCUT2D eigenvalue weighted by atomic mass is 10.0. The molecule has 1 N–H and O–H groups in total. The van der Waals surface area contributed by atoms with Crippen LogP contribution in [0, 0.1) is 0 Å². The van der Waals surface area contributed by atoms with Crippen LogP contribution in [0.3, 0.4) is 0 Å². The normalized spacial score (nSPS) is 17.4. The second-order valence-corrected chi connectivity index (χ2v) is 10.7. The Morgan fingerprint density at radius 3 is 2.83 bits per heavy atom. The Hall–Kier alpha value is -2.35. The molecule has 0 radical (unpaired) electrons. The first-order valence-corrected chi connectivity index (χ1v) is 13.7. The minimum atomic E-state index is -0.359. The summed E-state index contributed by atoms with van der Waals surface area (Å²) in [6.45, 7) is 7.07. The maximum absolute atomic E-state index is 13.4. The molecular weight excluding hydrogens is 480 g/mol. The number of carbonyl (C=O) groups excluding carboxylic acids is 1. The highest BCUT2D eigenvalue weighted by atomic mass is 35.5. The van der Waals surface area contributed by atoms with Crippen molar-refractivity contribution in [3.05, 3.63) is 63.9 Å². The smallest absolute Gasteiger partial charge is 0.266 e. The number of nitrogens with zero attached hydrogens (tertiary/aromatic N) is 3. The lowest BCUT2D eigenvalue weighted by Crippen LogP contribution is -2.40. The number of halogens is 1. The number of nitrogens with one attached hydrogen (secondary N) is 1. The van der Waals surface area contributed by atoms with Gasteiger partial charge < -0.3 is 10.2 Å². The summed E-state index contributed by atoms with van der Waals surface area (Å²) < 4.78 is 1.56. The van der Waals surface area contributed by atoms with Gasteiger partial charge in [-0.05, 0) is 69.5 Å². The van der Waals surface area contributed by atoms with Crippen LogP contribution in [0.15, 0.2) is 58.5 Å². The summed E-state index contributed by atoms with van der Waals surface area (Å²) in [4.78, 5) is 33.8. The SMILES string of the molecule is CCC(Sc1nc2ccccc2c(=O)n1-c1cccc(Cl)c1)C(=O)NCCCN1CCCCC1C. The molecule has 0 bridgehead atoms. The van der Waals surface area contributed by atoms with E-state index < -0.39 is 0 Å². The van der Waals surface area contributed by atoms with Crippen LogP contribution in [-0.2, 0) is 4.79 Å². The lowest BCUT2D eigenvalue weighted by molar-refractivity contribution is -0.120. The second-order valence-electron chi connectivity index (χ2n) is 9.07. The second kappa shape index (κ2) is 12.1. The van der Waals surface area contributed by atoms with E-state index in [-0.39, 0.29) is 16.7 Å². The van der Waals surface area contributed by atoms with Crippen LogP contribution in [0.1, 0.15) is 46.0 Å².